The van der Waals surface area contributed by atoms with Gasteiger partial charge in [-0.15, -0.1) is 0 Å². The van der Waals surface area contributed by atoms with E-state index < -0.39 is 6.10 Å². The van der Waals surface area contributed by atoms with Gasteiger partial charge in [0, 0.05) is 27.2 Å². The molecule has 0 bridgehead atoms. The zero-order valence-corrected chi connectivity index (χ0v) is 13.0. The first-order valence-corrected chi connectivity index (χ1v) is 7.46. The van der Waals surface area contributed by atoms with Gasteiger partial charge in [-0.1, -0.05) is 12.1 Å². The molecule has 1 aliphatic rings. The van der Waals surface area contributed by atoms with E-state index in [-0.39, 0.29) is 24.5 Å². The molecule has 1 saturated carbocycles. The van der Waals surface area contributed by atoms with Crippen LogP contribution in [0.3, 0.4) is 0 Å². The Balaban J connectivity index is 1.81. The molecule has 0 aromatic heterocycles. The molecule has 0 radical (unpaired) electrons. The molecule has 1 fully saturated rings. The Bertz CT molecular complexity index is 491. The fourth-order valence-electron chi connectivity index (χ4n) is 2.32. The van der Waals surface area contributed by atoms with Crippen LogP contribution in [0.4, 0.5) is 9.18 Å². The number of likely N-dealkylation sites (N-methyl/N-ethyl adjacent to an activating group) is 1. The number of urea groups is 1. The molecule has 2 amide bonds. The molecule has 22 heavy (non-hydrogen) atoms. The van der Waals surface area contributed by atoms with Crippen molar-refractivity contribution >= 4 is 6.03 Å². The van der Waals surface area contributed by atoms with Crippen LogP contribution in [0.2, 0.25) is 0 Å². The van der Waals surface area contributed by atoms with E-state index in [1.807, 2.05) is 0 Å². The number of nitrogens with one attached hydrogen (secondary N) is 1. The first-order chi connectivity index (χ1) is 10.5. The van der Waals surface area contributed by atoms with Gasteiger partial charge in [0.15, 0.2) is 0 Å². The maximum atomic E-state index is 12.9. The molecule has 2 unspecified atom stereocenters. The van der Waals surface area contributed by atoms with Crippen LogP contribution in [0.25, 0.3) is 0 Å². The Morgan fingerprint density at radius 1 is 1.45 bits per heavy atom. The molecule has 5 nitrogen and oxygen atoms in total. The van der Waals surface area contributed by atoms with Gasteiger partial charge in [-0.05, 0) is 36.5 Å². The molecule has 2 atom stereocenters. The molecule has 2 N–H and O–H groups in total. The number of halogens is 1. The number of aliphatic hydroxyl groups is 1. The Labute approximate surface area is 130 Å². The number of methoxy groups -OCH3 is 1. The predicted molar refractivity (Wildman–Crippen MR) is 80.9 cm³/mol. The van der Waals surface area contributed by atoms with Crippen molar-refractivity contribution in [2.24, 2.45) is 5.92 Å². The fraction of sp³-hybridized carbons (Fsp3) is 0.562. The van der Waals surface area contributed by atoms with Gasteiger partial charge in [-0.25, -0.2) is 9.18 Å². The molecule has 122 valence electrons. The van der Waals surface area contributed by atoms with Gasteiger partial charge in [-0.3, -0.25) is 0 Å². The topological polar surface area (TPSA) is 61.8 Å². The summed E-state index contributed by atoms with van der Waals surface area (Å²) in [5.41, 5.74) is 0.796. The second-order valence-corrected chi connectivity index (χ2v) is 5.75. The van der Waals surface area contributed by atoms with Crippen molar-refractivity contribution in [2.75, 3.05) is 27.2 Å². The molecule has 2 rings (SSSR count). The zero-order chi connectivity index (χ0) is 16.1. The summed E-state index contributed by atoms with van der Waals surface area (Å²) in [6.07, 6.45) is 1.28. The fourth-order valence-corrected chi connectivity index (χ4v) is 2.32. The molecule has 1 aromatic carbocycles. The predicted octanol–water partition coefficient (Wildman–Crippen LogP) is 1.93. The lowest BCUT2D eigenvalue weighted by Crippen LogP contribution is -2.43. The van der Waals surface area contributed by atoms with E-state index in [0.29, 0.717) is 12.5 Å². The SMILES string of the molecule is COC(CNC(=O)N(C)CC(O)C1CC1)c1ccc(F)cc1. The van der Waals surface area contributed by atoms with Gasteiger partial charge in [0.05, 0.1) is 12.2 Å². The largest absolute Gasteiger partial charge is 0.391 e. The van der Waals surface area contributed by atoms with Gasteiger partial charge in [0.25, 0.3) is 0 Å². The maximum Gasteiger partial charge on any atom is 0.317 e. The Kier molecular flexibility index (Phi) is 5.74. The van der Waals surface area contributed by atoms with Crippen LogP contribution in [-0.4, -0.2) is 49.4 Å². The molecule has 1 aliphatic carbocycles. The van der Waals surface area contributed by atoms with Crippen molar-refractivity contribution in [2.45, 2.75) is 25.0 Å². The maximum absolute atomic E-state index is 12.9. The quantitative estimate of drug-likeness (QED) is 0.809. The summed E-state index contributed by atoms with van der Waals surface area (Å²) < 4.78 is 18.3. The third-order valence-electron chi connectivity index (χ3n) is 3.94. The number of hydrogen-bond donors (Lipinski definition) is 2. The third-order valence-corrected chi connectivity index (χ3v) is 3.94. The highest BCUT2D eigenvalue weighted by atomic mass is 19.1. The molecule has 0 spiro atoms. The van der Waals surface area contributed by atoms with Crippen molar-refractivity contribution in [3.05, 3.63) is 35.6 Å². The van der Waals surface area contributed by atoms with Crippen molar-refractivity contribution in [3.63, 3.8) is 0 Å². The van der Waals surface area contributed by atoms with Crippen molar-refractivity contribution < 1.29 is 19.0 Å². The summed E-state index contributed by atoms with van der Waals surface area (Å²) in [6, 6.07) is 5.73. The minimum Gasteiger partial charge on any atom is -0.391 e. The highest BCUT2D eigenvalue weighted by Crippen LogP contribution is 2.32. The minimum absolute atomic E-state index is 0.260. The number of nitrogens with zero attached hydrogens (tertiary/aromatic N) is 1. The van der Waals surface area contributed by atoms with Gasteiger partial charge in [-0.2, -0.15) is 0 Å². The van der Waals surface area contributed by atoms with Crippen LogP contribution < -0.4 is 5.32 Å². The van der Waals surface area contributed by atoms with Crippen LogP contribution in [0.5, 0.6) is 0 Å². The zero-order valence-electron chi connectivity index (χ0n) is 13.0. The number of rotatable bonds is 7. The summed E-state index contributed by atoms with van der Waals surface area (Å²) in [7, 11) is 3.20. The number of aliphatic hydroxyl groups excluding tert-OH is 1. The number of benzene rings is 1. The molecule has 0 heterocycles. The molecular weight excluding hydrogens is 287 g/mol. The van der Waals surface area contributed by atoms with Crippen LogP contribution in [-0.2, 0) is 4.74 Å². The van der Waals surface area contributed by atoms with Crippen LogP contribution >= 0.6 is 0 Å². The van der Waals surface area contributed by atoms with E-state index in [1.165, 1.54) is 17.0 Å². The number of carbonyl (C=O) groups is 1. The van der Waals surface area contributed by atoms with E-state index in [2.05, 4.69) is 5.32 Å². The normalized spacial score (nSPS) is 16.9. The highest BCUT2D eigenvalue weighted by molar-refractivity contribution is 5.73. The van der Waals surface area contributed by atoms with Crippen molar-refractivity contribution in [3.8, 4) is 0 Å². The summed E-state index contributed by atoms with van der Waals surface area (Å²) in [5, 5.41) is 12.6. The molecule has 6 heteroatoms. The van der Waals surface area contributed by atoms with E-state index in [4.69, 9.17) is 4.74 Å². The lowest BCUT2D eigenvalue weighted by atomic mass is 10.1. The second-order valence-electron chi connectivity index (χ2n) is 5.75. The summed E-state index contributed by atoms with van der Waals surface area (Å²) in [5.74, 6) is 0.0256. The highest BCUT2D eigenvalue weighted by Gasteiger charge is 2.31. The first kappa shape index (κ1) is 16.7. The van der Waals surface area contributed by atoms with Crippen molar-refractivity contribution in [1.29, 1.82) is 0 Å². The van der Waals surface area contributed by atoms with Gasteiger partial charge in [0.2, 0.25) is 0 Å². The minimum atomic E-state index is -0.453. The molecule has 0 aliphatic heterocycles. The Hall–Kier alpha value is -1.66. The van der Waals surface area contributed by atoms with Gasteiger partial charge in [0.1, 0.15) is 5.82 Å². The lowest BCUT2D eigenvalue weighted by molar-refractivity contribution is 0.0956. The summed E-state index contributed by atoms with van der Waals surface area (Å²) in [4.78, 5) is 13.5. The number of carbonyl (C=O) groups excluding carboxylic acids is 1. The van der Waals surface area contributed by atoms with E-state index in [0.717, 1.165) is 18.4 Å². The third kappa shape index (κ3) is 4.68. The smallest absolute Gasteiger partial charge is 0.317 e. The van der Waals surface area contributed by atoms with E-state index >= 15 is 0 Å². The molecule has 1 aromatic rings. The lowest BCUT2D eigenvalue weighted by Gasteiger charge is -2.23. The molecule has 0 saturated heterocycles. The number of ether oxygens (including phenoxy) is 1. The summed E-state index contributed by atoms with van der Waals surface area (Å²) >= 11 is 0. The van der Waals surface area contributed by atoms with Gasteiger partial charge < -0.3 is 20.1 Å². The number of amides is 2. The Morgan fingerprint density at radius 3 is 2.64 bits per heavy atom. The number of hydrogen-bond acceptors (Lipinski definition) is 3. The van der Waals surface area contributed by atoms with Crippen molar-refractivity contribution in [1.82, 2.24) is 10.2 Å². The van der Waals surface area contributed by atoms with E-state index in [9.17, 15) is 14.3 Å². The molecular formula is C16H23FN2O3. The first-order valence-electron chi connectivity index (χ1n) is 7.46. The monoisotopic (exact) mass is 310 g/mol. The summed E-state index contributed by atoms with van der Waals surface area (Å²) in [6.45, 7) is 0.607. The Morgan fingerprint density at radius 2 is 2.09 bits per heavy atom. The van der Waals surface area contributed by atoms with Crippen LogP contribution in [0.15, 0.2) is 24.3 Å². The van der Waals surface area contributed by atoms with Crippen LogP contribution in [0, 0.1) is 11.7 Å². The standard InChI is InChI=1S/C16H23FN2O3/c1-19(10-14(20)11-3-4-11)16(21)18-9-15(22-2)12-5-7-13(17)8-6-12/h5-8,11,14-15,20H,3-4,9-10H2,1-2H3,(H,18,21). The van der Waals surface area contributed by atoms with Crippen LogP contribution in [0.1, 0.15) is 24.5 Å². The second kappa shape index (κ2) is 7.56. The average Bonchev–Trinajstić information content (AvgIpc) is 3.34. The van der Waals surface area contributed by atoms with E-state index in [1.54, 1.807) is 26.3 Å². The van der Waals surface area contributed by atoms with Gasteiger partial charge >= 0.3 is 6.03 Å². The average molecular weight is 310 g/mol.